The van der Waals surface area contributed by atoms with E-state index < -0.39 is 40.8 Å². The number of carboxylic acid groups (broad SMARTS) is 1. The molecule has 1 aliphatic rings. The summed E-state index contributed by atoms with van der Waals surface area (Å²) in [7, 11) is 2.13. The highest BCUT2D eigenvalue weighted by molar-refractivity contribution is 6.07. The molecular formula is C17H13F2NO6. The van der Waals surface area contributed by atoms with Crippen LogP contribution < -0.4 is 4.90 Å². The van der Waals surface area contributed by atoms with Crippen LogP contribution in [0.1, 0.15) is 10.4 Å². The molecule has 0 saturated heterocycles. The lowest BCUT2D eigenvalue weighted by atomic mass is 10.1. The van der Waals surface area contributed by atoms with Gasteiger partial charge in [-0.3, -0.25) is 0 Å². The van der Waals surface area contributed by atoms with Gasteiger partial charge in [0.05, 0.1) is 31.0 Å². The van der Waals surface area contributed by atoms with Crippen LogP contribution in [0.3, 0.4) is 0 Å². The molecule has 0 saturated carbocycles. The summed E-state index contributed by atoms with van der Waals surface area (Å²) in [4.78, 5) is 36.7. The minimum atomic E-state index is -1.56. The topological polar surface area (TPSA) is 93.1 Å². The second kappa shape index (κ2) is 7.60. The molecule has 0 aliphatic carbocycles. The second-order valence-electron chi connectivity index (χ2n) is 4.90. The largest absolute Gasteiger partial charge is 0.478 e. The number of nitrogens with zero attached hydrogens (tertiary/aromatic N) is 1. The molecule has 0 amide bonds. The quantitative estimate of drug-likeness (QED) is 0.817. The zero-order valence-electron chi connectivity index (χ0n) is 13.7. The number of carbonyl (C=O) groups is 3. The van der Waals surface area contributed by atoms with E-state index in [2.05, 4.69) is 9.47 Å². The molecule has 0 spiro atoms. The number of methoxy groups -OCH3 is 2. The monoisotopic (exact) mass is 365 g/mol. The minimum Gasteiger partial charge on any atom is -0.478 e. The molecule has 0 atom stereocenters. The smallest absolute Gasteiger partial charge is 0.355 e. The van der Waals surface area contributed by atoms with Crippen molar-refractivity contribution in [3.63, 3.8) is 0 Å². The van der Waals surface area contributed by atoms with E-state index in [-0.39, 0.29) is 11.3 Å². The molecule has 0 unspecified atom stereocenters. The molecule has 1 aromatic rings. The Morgan fingerprint density at radius 3 is 2.19 bits per heavy atom. The lowest BCUT2D eigenvalue weighted by Gasteiger charge is -2.24. The van der Waals surface area contributed by atoms with Gasteiger partial charge in [0.25, 0.3) is 0 Å². The summed E-state index contributed by atoms with van der Waals surface area (Å²) in [6.45, 7) is 0. The number of aromatic carboxylic acids is 1. The van der Waals surface area contributed by atoms with Crippen LogP contribution in [0.2, 0.25) is 0 Å². The van der Waals surface area contributed by atoms with Crippen molar-refractivity contribution < 1.29 is 37.7 Å². The van der Waals surface area contributed by atoms with Gasteiger partial charge in [-0.2, -0.15) is 0 Å². The highest BCUT2D eigenvalue weighted by atomic mass is 19.2. The maximum Gasteiger partial charge on any atom is 0.355 e. The maximum atomic E-state index is 13.8. The highest BCUT2D eigenvalue weighted by Gasteiger charge is 2.30. The Balaban J connectivity index is 2.81. The summed E-state index contributed by atoms with van der Waals surface area (Å²) in [6.07, 6.45) is 5.20. The Hall–Kier alpha value is -3.49. The molecule has 26 heavy (non-hydrogen) atoms. The normalized spacial score (nSPS) is 13.5. The lowest BCUT2D eigenvalue weighted by Crippen LogP contribution is -2.28. The first-order valence-electron chi connectivity index (χ1n) is 7.09. The zero-order valence-corrected chi connectivity index (χ0v) is 13.7. The average Bonchev–Trinajstić information content (AvgIpc) is 2.84. The standard InChI is InChI=1S/C17H13F2NO6/c1-25-16(23)9-5-3-4-6-20(14(9)17(24)26-2)13-8-12(19)11(18)7-10(13)15(21)22/h3-8H,1-2H3,(H,21,22). The van der Waals surface area contributed by atoms with Gasteiger partial charge in [-0.15, -0.1) is 0 Å². The van der Waals surface area contributed by atoms with E-state index in [0.717, 1.165) is 19.1 Å². The fourth-order valence-electron chi connectivity index (χ4n) is 2.26. The van der Waals surface area contributed by atoms with Crippen molar-refractivity contribution in [2.75, 3.05) is 19.1 Å². The van der Waals surface area contributed by atoms with Gasteiger partial charge >= 0.3 is 17.9 Å². The molecule has 0 radical (unpaired) electrons. The number of ether oxygens (including phenoxy) is 2. The van der Waals surface area contributed by atoms with Gasteiger partial charge in [-0.05, 0) is 18.2 Å². The molecule has 1 aromatic carbocycles. The van der Waals surface area contributed by atoms with Crippen molar-refractivity contribution in [1.82, 2.24) is 0 Å². The van der Waals surface area contributed by atoms with Crippen molar-refractivity contribution in [3.05, 3.63) is 65.0 Å². The molecule has 7 nitrogen and oxygen atoms in total. The Labute approximate surface area is 146 Å². The van der Waals surface area contributed by atoms with E-state index in [1.165, 1.54) is 24.4 Å². The number of benzene rings is 1. The molecule has 1 aliphatic heterocycles. The van der Waals surface area contributed by atoms with Crippen LogP contribution >= 0.6 is 0 Å². The van der Waals surface area contributed by atoms with E-state index in [9.17, 15) is 28.3 Å². The third-order valence-corrected chi connectivity index (χ3v) is 3.42. The van der Waals surface area contributed by atoms with Gasteiger partial charge < -0.3 is 19.5 Å². The van der Waals surface area contributed by atoms with E-state index >= 15 is 0 Å². The second-order valence-corrected chi connectivity index (χ2v) is 4.90. The van der Waals surface area contributed by atoms with E-state index in [1.807, 2.05) is 0 Å². The van der Waals surface area contributed by atoms with Gasteiger partial charge in [0, 0.05) is 12.3 Å². The van der Waals surface area contributed by atoms with Crippen molar-refractivity contribution in [1.29, 1.82) is 0 Å². The minimum absolute atomic E-state index is 0.259. The van der Waals surface area contributed by atoms with Crippen molar-refractivity contribution >= 4 is 23.6 Å². The summed E-state index contributed by atoms with van der Waals surface area (Å²) in [6, 6.07) is 1.08. The molecule has 1 N–H and O–H groups in total. The lowest BCUT2D eigenvalue weighted by molar-refractivity contribution is -0.139. The average molecular weight is 365 g/mol. The van der Waals surface area contributed by atoms with Crippen molar-refractivity contribution in [3.8, 4) is 0 Å². The maximum absolute atomic E-state index is 13.8. The van der Waals surface area contributed by atoms with Crippen LogP contribution in [0.15, 0.2) is 47.8 Å². The van der Waals surface area contributed by atoms with Crippen molar-refractivity contribution in [2.24, 2.45) is 0 Å². The number of esters is 2. The van der Waals surface area contributed by atoms with Gasteiger partial charge in [-0.25, -0.2) is 23.2 Å². The molecule has 0 aromatic heterocycles. The summed E-state index contributed by atoms with van der Waals surface area (Å²) in [5.74, 6) is -6.19. The van der Waals surface area contributed by atoms with Crippen LogP contribution in [0.5, 0.6) is 0 Å². The molecule has 0 fully saturated rings. The fraction of sp³-hybridized carbons (Fsp3) is 0.118. The summed E-state index contributed by atoms with van der Waals surface area (Å²) >= 11 is 0. The summed E-state index contributed by atoms with van der Waals surface area (Å²) in [5.41, 5.74) is -1.68. The third kappa shape index (κ3) is 3.46. The number of rotatable bonds is 4. The van der Waals surface area contributed by atoms with Gasteiger partial charge in [-0.1, -0.05) is 6.08 Å². The number of hydrogen-bond donors (Lipinski definition) is 1. The van der Waals surface area contributed by atoms with E-state index in [1.54, 1.807) is 0 Å². The van der Waals surface area contributed by atoms with Crippen LogP contribution in [0, 0.1) is 11.6 Å². The number of hydrogen-bond acceptors (Lipinski definition) is 6. The Morgan fingerprint density at radius 1 is 1.00 bits per heavy atom. The number of halogens is 2. The zero-order chi connectivity index (χ0) is 19.4. The van der Waals surface area contributed by atoms with Gasteiger partial charge in [0.15, 0.2) is 11.6 Å². The predicted molar refractivity (Wildman–Crippen MR) is 85.1 cm³/mol. The van der Waals surface area contributed by atoms with Crippen LogP contribution in [0.4, 0.5) is 14.5 Å². The Morgan fingerprint density at radius 2 is 1.62 bits per heavy atom. The number of allylic oxidation sites excluding steroid dienone is 2. The molecule has 9 heteroatoms. The van der Waals surface area contributed by atoms with E-state index in [4.69, 9.17) is 0 Å². The molecule has 136 valence electrons. The van der Waals surface area contributed by atoms with Gasteiger partial charge in [0.1, 0.15) is 5.70 Å². The first kappa shape index (κ1) is 18.8. The first-order chi connectivity index (χ1) is 12.3. The summed E-state index contributed by atoms with van der Waals surface area (Å²) in [5, 5.41) is 9.31. The Kier molecular flexibility index (Phi) is 5.51. The van der Waals surface area contributed by atoms with Crippen molar-refractivity contribution in [2.45, 2.75) is 0 Å². The number of anilines is 1. The molecule has 1 heterocycles. The van der Waals surface area contributed by atoms with Crippen LogP contribution in [0.25, 0.3) is 0 Å². The predicted octanol–water partition coefficient (Wildman–Crippen LogP) is 2.15. The SMILES string of the molecule is COC(=O)C1=C(C(=O)OC)N(c2cc(F)c(F)cc2C(=O)O)C=CC=C1. The fourth-order valence-corrected chi connectivity index (χ4v) is 2.26. The third-order valence-electron chi connectivity index (χ3n) is 3.42. The highest BCUT2D eigenvalue weighted by Crippen LogP contribution is 2.31. The van der Waals surface area contributed by atoms with Crippen LogP contribution in [-0.4, -0.2) is 37.2 Å². The van der Waals surface area contributed by atoms with Crippen LogP contribution in [-0.2, 0) is 19.1 Å². The molecule has 2 rings (SSSR count). The number of carbonyl (C=O) groups excluding carboxylic acids is 2. The summed E-state index contributed by atoms with van der Waals surface area (Å²) < 4.78 is 36.5. The van der Waals surface area contributed by atoms with E-state index in [0.29, 0.717) is 12.1 Å². The molecular weight excluding hydrogens is 352 g/mol. The Bertz CT molecular complexity index is 872. The molecule has 0 bridgehead atoms. The number of carboxylic acids is 1. The van der Waals surface area contributed by atoms with Gasteiger partial charge in [0.2, 0.25) is 0 Å². The first-order valence-corrected chi connectivity index (χ1v) is 7.09.